The largest absolute Gasteiger partial charge is 0.497 e. The minimum absolute atomic E-state index is 0.101. The van der Waals surface area contributed by atoms with Crippen LogP contribution in [0.4, 0.5) is 0 Å². The van der Waals surface area contributed by atoms with Crippen LogP contribution in [-0.2, 0) is 0 Å². The molecule has 0 unspecified atom stereocenters. The first kappa shape index (κ1) is 12.5. The van der Waals surface area contributed by atoms with Gasteiger partial charge in [-0.2, -0.15) is 0 Å². The van der Waals surface area contributed by atoms with E-state index in [-0.39, 0.29) is 5.78 Å². The summed E-state index contributed by atoms with van der Waals surface area (Å²) in [7, 11) is 1.64. The molecule has 0 spiro atoms. The lowest BCUT2D eigenvalue weighted by atomic mass is 10.0. The molecule has 100 valence electrons. The van der Waals surface area contributed by atoms with Crippen LogP contribution in [0.1, 0.15) is 21.9 Å². The van der Waals surface area contributed by atoms with E-state index < -0.39 is 0 Å². The molecule has 0 saturated carbocycles. The Labute approximate surface area is 116 Å². The summed E-state index contributed by atoms with van der Waals surface area (Å²) in [5.41, 5.74) is 0.622. The summed E-state index contributed by atoms with van der Waals surface area (Å²) >= 11 is 0. The van der Waals surface area contributed by atoms with Crippen molar-refractivity contribution >= 4 is 16.6 Å². The summed E-state index contributed by atoms with van der Waals surface area (Å²) < 4.78 is 10.6. The van der Waals surface area contributed by atoms with Gasteiger partial charge in [0.15, 0.2) is 5.76 Å². The Bertz CT molecular complexity index is 784. The Morgan fingerprint density at radius 2 is 1.75 bits per heavy atom. The second-order valence-corrected chi connectivity index (χ2v) is 4.67. The number of methoxy groups -OCH3 is 1. The highest BCUT2D eigenvalue weighted by Crippen LogP contribution is 2.23. The number of carbonyl (C=O) groups is 1. The molecular weight excluding hydrogens is 252 g/mol. The third-order valence-electron chi connectivity index (χ3n) is 3.27. The predicted molar refractivity (Wildman–Crippen MR) is 77.4 cm³/mol. The number of furan rings is 1. The molecule has 1 aromatic heterocycles. The fourth-order valence-corrected chi connectivity index (χ4v) is 2.19. The van der Waals surface area contributed by atoms with E-state index in [1.165, 1.54) is 0 Å². The van der Waals surface area contributed by atoms with Gasteiger partial charge in [-0.1, -0.05) is 18.2 Å². The molecule has 0 fully saturated rings. The minimum Gasteiger partial charge on any atom is -0.497 e. The fraction of sp³-hybridized carbons (Fsp3) is 0.118. The second kappa shape index (κ2) is 4.85. The highest BCUT2D eigenvalue weighted by molar-refractivity contribution is 6.09. The van der Waals surface area contributed by atoms with Crippen LogP contribution >= 0.6 is 0 Å². The van der Waals surface area contributed by atoms with Crippen molar-refractivity contribution in [3.05, 3.63) is 65.6 Å². The molecule has 0 aliphatic heterocycles. The number of hydrogen-bond donors (Lipinski definition) is 0. The van der Waals surface area contributed by atoms with Crippen molar-refractivity contribution in [3.63, 3.8) is 0 Å². The van der Waals surface area contributed by atoms with E-state index in [1.807, 2.05) is 43.3 Å². The Morgan fingerprint density at radius 1 is 1.00 bits per heavy atom. The number of carbonyl (C=O) groups excluding carboxylic acids is 1. The smallest absolute Gasteiger partial charge is 0.228 e. The molecule has 0 radical (unpaired) electrons. The summed E-state index contributed by atoms with van der Waals surface area (Å²) in [6.07, 6.45) is 0. The molecule has 0 bridgehead atoms. The van der Waals surface area contributed by atoms with Crippen LogP contribution < -0.4 is 4.74 Å². The number of aryl methyl sites for hydroxylation is 1. The standard InChI is InChI=1S/C17H14O3/c1-11-3-8-16(20-11)17(18)14-5-4-13-10-15(19-2)7-6-12(13)9-14/h3-10H,1-2H3. The molecule has 0 aliphatic rings. The number of ketones is 1. The Kier molecular flexibility index (Phi) is 3.03. The maximum Gasteiger partial charge on any atom is 0.228 e. The molecule has 0 N–H and O–H groups in total. The van der Waals surface area contributed by atoms with Gasteiger partial charge in [0.2, 0.25) is 5.78 Å². The van der Waals surface area contributed by atoms with E-state index in [2.05, 4.69) is 0 Å². The van der Waals surface area contributed by atoms with Gasteiger partial charge in [0.05, 0.1) is 7.11 Å². The summed E-state index contributed by atoms with van der Waals surface area (Å²) in [6.45, 7) is 1.82. The molecule has 0 atom stereocenters. The van der Waals surface area contributed by atoms with Crippen LogP contribution in [0.5, 0.6) is 5.75 Å². The Balaban J connectivity index is 2.02. The molecule has 0 aliphatic carbocycles. The number of benzene rings is 2. The lowest BCUT2D eigenvalue weighted by Gasteiger charge is -2.04. The molecule has 3 rings (SSSR count). The molecule has 3 heteroatoms. The summed E-state index contributed by atoms with van der Waals surface area (Å²) in [6, 6.07) is 14.9. The topological polar surface area (TPSA) is 39.4 Å². The van der Waals surface area contributed by atoms with Crippen molar-refractivity contribution in [1.29, 1.82) is 0 Å². The second-order valence-electron chi connectivity index (χ2n) is 4.67. The van der Waals surface area contributed by atoms with E-state index >= 15 is 0 Å². The van der Waals surface area contributed by atoms with Gasteiger partial charge in [0.25, 0.3) is 0 Å². The predicted octanol–water partition coefficient (Wildman–Crippen LogP) is 3.98. The van der Waals surface area contributed by atoms with Crippen molar-refractivity contribution in [3.8, 4) is 5.75 Å². The van der Waals surface area contributed by atoms with E-state index in [4.69, 9.17) is 9.15 Å². The van der Waals surface area contributed by atoms with Crippen LogP contribution in [0.2, 0.25) is 0 Å². The fourth-order valence-electron chi connectivity index (χ4n) is 2.19. The molecule has 1 heterocycles. The maximum absolute atomic E-state index is 12.3. The lowest BCUT2D eigenvalue weighted by molar-refractivity contribution is 0.101. The van der Waals surface area contributed by atoms with Crippen LogP contribution in [0.25, 0.3) is 10.8 Å². The van der Waals surface area contributed by atoms with Gasteiger partial charge >= 0.3 is 0 Å². The SMILES string of the molecule is COc1ccc2cc(C(=O)c3ccc(C)o3)ccc2c1. The van der Waals surface area contributed by atoms with Crippen molar-refractivity contribution in [1.82, 2.24) is 0 Å². The number of ether oxygens (including phenoxy) is 1. The first-order chi connectivity index (χ1) is 9.67. The zero-order valence-electron chi connectivity index (χ0n) is 11.3. The van der Waals surface area contributed by atoms with Crippen LogP contribution in [-0.4, -0.2) is 12.9 Å². The monoisotopic (exact) mass is 266 g/mol. The lowest BCUT2D eigenvalue weighted by Crippen LogP contribution is -1.99. The van der Waals surface area contributed by atoms with E-state index in [9.17, 15) is 4.79 Å². The summed E-state index contributed by atoms with van der Waals surface area (Å²) in [5, 5.41) is 2.04. The highest BCUT2D eigenvalue weighted by Gasteiger charge is 2.13. The average Bonchev–Trinajstić information content (AvgIpc) is 2.92. The molecule has 3 aromatic rings. The average molecular weight is 266 g/mol. The van der Waals surface area contributed by atoms with Gasteiger partial charge in [-0.05, 0) is 48.0 Å². The molecule has 0 saturated heterocycles. The van der Waals surface area contributed by atoms with Gasteiger partial charge in [-0.3, -0.25) is 4.79 Å². The summed E-state index contributed by atoms with van der Waals surface area (Å²) in [4.78, 5) is 12.3. The third-order valence-corrected chi connectivity index (χ3v) is 3.27. The van der Waals surface area contributed by atoms with Crippen molar-refractivity contribution in [2.45, 2.75) is 6.92 Å². The van der Waals surface area contributed by atoms with Crippen LogP contribution in [0.15, 0.2) is 52.9 Å². The van der Waals surface area contributed by atoms with Crippen molar-refractivity contribution in [2.24, 2.45) is 0 Å². The number of fused-ring (bicyclic) bond motifs is 1. The molecule has 2 aromatic carbocycles. The van der Waals surface area contributed by atoms with Crippen LogP contribution in [0, 0.1) is 6.92 Å². The molecular formula is C17H14O3. The Hall–Kier alpha value is -2.55. The van der Waals surface area contributed by atoms with Gasteiger partial charge in [0, 0.05) is 5.56 Å². The van der Waals surface area contributed by atoms with Gasteiger partial charge in [-0.15, -0.1) is 0 Å². The zero-order valence-corrected chi connectivity index (χ0v) is 11.3. The van der Waals surface area contributed by atoms with Crippen LogP contribution in [0.3, 0.4) is 0 Å². The number of hydrogen-bond acceptors (Lipinski definition) is 3. The Morgan fingerprint density at radius 3 is 2.45 bits per heavy atom. The zero-order chi connectivity index (χ0) is 14.1. The molecule has 0 amide bonds. The first-order valence-corrected chi connectivity index (χ1v) is 6.36. The summed E-state index contributed by atoms with van der Waals surface area (Å²) in [5.74, 6) is 1.81. The van der Waals surface area contributed by atoms with E-state index in [0.29, 0.717) is 11.3 Å². The highest BCUT2D eigenvalue weighted by atomic mass is 16.5. The molecule has 20 heavy (non-hydrogen) atoms. The minimum atomic E-state index is -0.101. The van der Waals surface area contributed by atoms with Gasteiger partial charge < -0.3 is 9.15 Å². The normalized spacial score (nSPS) is 10.7. The number of rotatable bonds is 3. The van der Waals surface area contributed by atoms with E-state index in [0.717, 1.165) is 22.3 Å². The van der Waals surface area contributed by atoms with Crippen molar-refractivity contribution < 1.29 is 13.9 Å². The van der Waals surface area contributed by atoms with E-state index in [1.54, 1.807) is 19.2 Å². The maximum atomic E-state index is 12.3. The quantitative estimate of drug-likeness (QED) is 0.673. The van der Waals surface area contributed by atoms with Crippen molar-refractivity contribution in [2.75, 3.05) is 7.11 Å². The first-order valence-electron chi connectivity index (χ1n) is 6.36. The molecule has 3 nitrogen and oxygen atoms in total. The van der Waals surface area contributed by atoms with Gasteiger partial charge in [-0.25, -0.2) is 0 Å². The third kappa shape index (κ3) is 2.18. The van der Waals surface area contributed by atoms with Gasteiger partial charge in [0.1, 0.15) is 11.5 Å².